The summed E-state index contributed by atoms with van der Waals surface area (Å²) >= 11 is 0. The van der Waals surface area contributed by atoms with Gasteiger partial charge < -0.3 is 52.1 Å². The van der Waals surface area contributed by atoms with Crippen LogP contribution in [0.1, 0.15) is 44.4 Å². The Morgan fingerprint density at radius 1 is 0.692 bits per heavy atom. The Labute approximate surface area is 306 Å². The van der Waals surface area contributed by atoms with Crippen LogP contribution in [-0.4, -0.2) is 88.2 Å². The van der Waals surface area contributed by atoms with Gasteiger partial charge in [0.1, 0.15) is 42.9 Å². The summed E-state index contributed by atoms with van der Waals surface area (Å²) in [6.45, 7) is 8.93. The van der Waals surface area contributed by atoms with E-state index in [0.29, 0.717) is 19.0 Å². The maximum atomic E-state index is 7.05. The largest absolute Gasteiger partial charge is 0.491 e. The standard InChI is InChI=1S/C41H52O11/c1-40(2)47-27-33(50-40)34(36-37(38(42-5)43-6)52-41(3,4)51-36)49-39-35(46-25-30-20-14-9-15-21-30)32(45-24-29-18-12-8-13-19-29)22-31(48-39)26-44-23-28-16-10-7-11-17-28/h7-22,31,33-39H,23-27H2,1-6H3/t31-,33+,34+,35+,36-,37+,39-/m0/s1. The summed E-state index contributed by atoms with van der Waals surface area (Å²) in [5, 5.41) is 0. The number of benzene rings is 3. The molecule has 7 atom stereocenters. The van der Waals surface area contributed by atoms with Gasteiger partial charge in [0.2, 0.25) is 0 Å². The number of rotatable bonds is 17. The second-order valence-electron chi connectivity index (χ2n) is 14.0. The van der Waals surface area contributed by atoms with E-state index in [0.717, 1.165) is 16.7 Å². The zero-order chi connectivity index (χ0) is 36.6. The van der Waals surface area contributed by atoms with Crippen LogP contribution in [0.2, 0.25) is 0 Å². The molecule has 6 rings (SSSR count). The van der Waals surface area contributed by atoms with E-state index in [1.807, 2.05) is 125 Å². The molecule has 3 aliphatic heterocycles. The second-order valence-corrected chi connectivity index (χ2v) is 14.0. The van der Waals surface area contributed by atoms with Gasteiger partial charge in [0.25, 0.3) is 0 Å². The smallest absolute Gasteiger partial charge is 0.192 e. The van der Waals surface area contributed by atoms with Crippen molar-refractivity contribution in [2.24, 2.45) is 0 Å². The number of ether oxygens (including phenoxy) is 11. The third-order valence-corrected chi connectivity index (χ3v) is 9.01. The van der Waals surface area contributed by atoms with Crippen LogP contribution in [0.25, 0.3) is 0 Å². The summed E-state index contributed by atoms with van der Waals surface area (Å²) in [4.78, 5) is 0. The van der Waals surface area contributed by atoms with Crippen LogP contribution in [0.3, 0.4) is 0 Å². The highest BCUT2D eigenvalue weighted by molar-refractivity contribution is 5.18. The Bertz CT molecular complexity index is 1530. The summed E-state index contributed by atoms with van der Waals surface area (Å²) < 4.78 is 70.0. The first kappa shape index (κ1) is 38.5. The molecule has 0 bridgehead atoms. The van der Waals surface area contributed by atoms with E-state index in [1.54, 1.807) is 14.2 Å². The number of methoxy groups -OCH3 is 2. The van der Waals surface area contributed by atoms with E-state index < -0.39 is 60.8 Å². The zero-order valence-corrected chi connectivity index (χ0v) is 30.9. The van der Waals surface area contributed by atoms with Crippen LogP contribution in [0.5, 0.6) is 0 Å². The van der Waals surface area contributed by atoms with Crippen molar-refractivity contribution >= 4 is 0 Å². The van der Waals surface area contributed by atoms with Gasteiger partial charge in [0.05, 0.1) is 26.4 Å². The van der Waals surface area contributed by atoms with Gasteiger partial charge in [-0.05, 0) is 50.5 Å². The summed E-state index contributed by atoms with van der Waals surface area (Å²) in [5.41, 5.74) is 3.05. The molecule has 2 fully saturated rings. The Morgan fingerprint density at radius 2 is 1.27 bits per heavy atom. The van der Waals surface area contributed by atoms with Gasteiger partial charge in [-0.1, -0.05) is 91.0 Å². The molecular formula is C41H52O11. The molecule has 3 aromatic rings. The van der Waals surface area contributed by atoms with E-state index >= 15 is 0 Å². The highest BCUT2D eigenvalue weighted by atomic mass is 16.8. The second kappa shape index (κ2) is 17.7. The van der Waals surface area contributed by atoms with Crippen molar-refractivity contribution < 1.29 is 52.1 Å². The van der Waals surface area contributed by atoms with Gasteiger partial charge in [-0.3, -0.25) is 0 Å². The Hall–Kier alpha value is -3.20. The summed E-state index contributed by atoms with van der Waals surface area (Å²) in [6, 6.07) is 29.9. The van der Waals surface area contributed by atoms with Crippen molar-refractivity contribution in [2.75, 3.05) is 27.4 Å². The molecule has 0 aliphatic carbocycles. The van der Waals surface area contributed by atoms with Gasteiger partial charge in [-0.25, -0.2) is 0 Å². The van der Waals surface area contributed by atoms with Gasteiger partial charge in [0, 0.05) is 14.2 Å². The molecule has 0 radical (unpaired) electrons. The fourth-order valence-electron chi connectivity index (χ4n) is 6.60. The molecule has 0 N–H and O–H groups in total. The lowest BCUT2D eigenvalue weighted by molar-refractivity contribution is -0.286. The Kier molecular flexibility index (Phi) is 13.1. The molecule has 0 saturated carbocycles. The lowest BCUT2D eigenvalue weighted by Crippen LogP contribution is -2.55. The zero-order valence-electron chi connectivity index (χ0n) is 30.9. The predicted octanol–water partition coefficient (Wildman–Crippen LogP) is 6.29. The minimum Gasteiger partial charge on any atom is -0.491 e. The van der Waals surface area contributed by atoms with Crippen LogP contribution >= 0.6 is 0 Å². The van der Waals surface area contributed by atoms with Gasteiger partial charge in [-0.15, -0.1) is 0 Å². The minimum absolute atomic E-state index is 0.243. The molecule has 0 unspecified atom stereocenters. The molecule has 3 aromatic carbocycles. The van der Waals surface area contributed by atoms with Crippen molar-refractivity contribution in [3.63, 3.8) is 0 Å². The molecule has 3 heterocycles. The molecule has 2 saturated heterocycles. The quantitative estimate of drug-likeness (QED) is 0.147. The van der Waals surface area contributed by atoms with Gasteiger partial charge in [0.15, 0.2) is 30.3 Å². The first-order valence-electron chi connectivity index (χ1n) is 17.8. The average molecular weight is 721 g/mol. The maximum absolute atomic E-state index is 7.05. The van der Waals surface area contributed by atoms with Crippen molar-refractivity contribution in [3.05, 3.63) is 120 Å². The maximum Gasteiger partial charge on any atom is 0.192 e. The van der Waals surface area contributed by atoms with Gasteiger partial charge >= 0.3 is 0 Å². The first-order valence-corrected chi connectivity index (χ1v) is 17.8. The van der Waals surface area contributed by atoms with Crippen molar-refractivity contribution in [2.45, 2.75) is 108 Å². The molecule has 0 aromatic heterocycles. The Balaban J connectivity index is 1.33. The molecule has 0 amide bonds. The van der Waals surface area contributed by atoms with Crippen molar-refractivity contribution in [1.29, 1.82) is 0 Å². The lowest BCUT2D eigenvalue weighted by Gasteiger charge is -2.40. The lowest BCUT2D eigenvalue weighted by atomic mass is 10.0. The highest BCUT2D eigenvalue weighted by Crippen LogP contribution is 2.39. The third-order valence-electron chi connectivity index (χ3n) is 9.01. The van der Waals surface area contributed by atoms with Crippen LogP contribution < -0.4 is 0 Å². The summed E-state index contributed by atoms with van der Waals surface area (Å²) in [5.74, 6) is -1.26. The Morgan fingerprint density at radius 3 is 1.85 bits per heavy atom. The number of hydrogen-bond donors (Lipinski definition) is 0. The van der Waals surface area contributed by atoms with E-state index in [9.17, 15) is 0 Å². The van der Waals surface area contributed by atoms with E-state index in [4.69, 9.17) is 52.1 Å². The van der Waals surface area contributed by atoms with Crippen molar-refractivity contribution in [1.82, 2.24) is 0 Å². The molecule has 52 heavy (non-hydrogen) atoms. The minimum atomic E-state index is -0.987. The average Bonchev–Trinajstić information content (AvgIpc) is 3.68. The van der Waals surface area contributed by atoms with Crippen molar-refractivity contribution in [3.8, 4) is 0 Å². The van der Waals surface area contributed by atoms with Crippen LogP contribution in [0.15, 0.2) is 103 Å². The topological polar surface area (TPSA) is 102 Å². The molecule has 11 heteroatoms. The normalized spacial score (nSPS) is 27.4. The molecule has 282 valence electrons. The fraction of sp³-hybridized carbons (Fsp3) is 0.512. The van der Waals surface area contributed by atoms with E-state index in [-0.39, 0.29) is 19.8 Å². The highest BCUT2D eigenvalue weighted by Gasteiger charge is 2.55. The SMILES string of the molecule is COC(OC)[C@@H]1OC(C)(C)O[C@H]1[C@H](O[C@@H]1O[C@H](COCc2ccccc2)C=C(OCc2ccccc2)[C@H]1OCc1ccccc1)[C@H]1COC(C)(C)O1. The number of hydrogen-bond acceptors (Lipinski definition) is 11. The van der Waals surface area contributed by atoms with Gasteiger partial charge in [-0.2, -0.15) is 0 Å². The van der Waals surface area contributed by atoms with E-state index in [1.165, 1.54) is 0 Å². The summed E-state index contributed by atoms with van der Waals surface area (Å²) in [6.07, 6.45) is -3.88. The van der Waals surface area contributed by atoms with Crippen LogP contribution in [-0.2, 0) is 71.9 Å². The predicted molar refractivity (Wildman–Crippen MR) is 190 cm³/mol. The molecular weight excluding hydrogens is 668 g/mol. The molecule has 0 spiro atoms. The summed E-state index contributed by atoms with van der Waals surface area (Å²) in [7, 11) is 3.12. The third kappa shape index (κ3) is 10.3. The molecule has 11 nitrogen and oxygen atoms in total. The fourth-order valence-corrected chi connectivity index (χ4v) is 6.60. The first-order chi connectivity index (χ1) is 25.1. The van der Waals surface area contributed by atoms with Crippen LogP contribution in [0, 0.1) is 0 Å². The van der Waals surface area contributed by atoms with E-state index in [2.05, 4.69) is 0 Å². The molecule has 3 aliphatic rings. The van der Waals surface area contributed by atoms with Crippen LogP contribution in [0.4, 0.5) is 0 Å². The monoisotopic (exact) mass is 720 g/mol.